The van der Waals surface area contributed by atoms with Crippen molar-refractivity contribution in [3.8, 4) is 11.5 Å². The summed E-state index contributed by atoms with van der Waals surface area (Å²) in [5.41, 5.74) is 0.453. The molecule has 0 aliphatic carbocycles. The summed E-state index contributed by atoms with van der Waals surface area (Å²) in [6.45, 7) is 2.19. The number of piperazine rings is 1. The molecule has 2 aromatic carbocycles. The molecule has 28 heavy (non-hydrogen) atoms. The van der Waals surface area contributed by atoms with E-state index in [2.05, 4.69) is 4.90 Å². The Bertz CT molecular complexity index is 830. The Balaban J connectivity index is 1.64. The van der Waals surface area contributed by atoms with Gasteiger partial charge in [0.2, 0.25) is 0 Å². The summed E-state index contributed by atoms with van der Waals surface area (Å²) < 4.78 is 48.6. The molecule has 1 aliphatic heterocycles. The SMILES string of the molecule is COc1ccc(N2CCN(C(=O)c3ccc(C(F)(F)F)cc3)CC2)cc1OC. The summed E-state index contributed by atoms with van der Waals surface area (Å²) >= 11 is 0. The minimum atomic E-state index is -4.41. The average molecular weight is 394 g/mol. The maximum absolute atomic E-state index is 12.7. The van der Waals surface area contributed by atoms with E-state index in [1.54, 1.807) is 19.1 Å². The zero-order chi connectivity index (χ0) is 20.3. The Morgan fingerprint density at radius 3 is 2.04 bits per heavy atom. The quantitative estimate of drug-likeness (QED) is 0.793. The third kappa shape index (κ3) is 4.16. The van der Waals surface area contributed by atoms with Crippen LogP contribution in [0.2, 0.25) is 0 Å². The monoisotopic (exact) mass is 394 g/mol. The van der Waals surface area contributed by atoms with E-state index < -0.39 is 11.7 Å². The number of rotatable bonds is 4. The highest BCUT2D eigenvalue weighted by Gasteiger charge is 2.30. The third-order valence-electron chi connectivity index (χ3n) is 4.76. The molecule has 0 aromatic heterocycles. The minimum absolute atomic E-state index is 0.257. The number of hydrogen-bond acceptors (Lipinski definition) is 4. The van der Waals surface area contributed by atoms with E-state index >= 15 is 0 Å². The van der Waals surface area contributed by atoms with Crippen molar-refractivity contribution in [2.24, 2.45) is 0 Å². The van der Waals surface area contributed by atoms with Crippen molar-refractivity contribution in [3.63, 3.8) is 0 Å². The van der Waals surface area contributed by atoms with Gasteiger partial charge in [-0.3, -0.25) is 4.79 Å². The molecule has 0 bridgehead atoms. The van der Waals surface area contributed by atoms with Crippen LogP contribution in [0.4, 0.5) is 18.9 Å². The fraction of sp³-hybridized carbons (Fsp3) is 0.350. The molecule has 0 unspecified atom stereocenters. The van der Waals surface area contributed by atoms with E-state index in [1.165, 1.54) is 12.1 Å². The van der Waals surface area contributed by atoms with Crippen LogP contribution in [0, 0.1) is 0 Å². The summed E-state index contributed by atoms with van der Waals surface area (Å²) in [7, 11) is 3.14. The third-order valence-corrected chi connectivity index (χ3v) is 4.76. The Morgan fingerprint density at radius 1 is 0.893 bits per heavy atom. The molecule has 2 aromatic rings. The number of alkyl halides is 3. The lowest BCUT2D eigenvalue weighted by Gasteiger charge is -2.36. The van der Waals surface area contributed by atoms with Crippen molar-refractivity contribution < 1.29 is 27.4 Å². The van der Waals surface area contributed by atoms with Crippen LogP contribution < -0.4 is 14.4 Å². The van der Waals surface area contributed by atoms with E-state index in [-0.39, 0.29) is 11.5 Å². The smallest absolute Gasteiger partial charge is 0.416 e. The number of carbonyl (C=O) groups excluding carboxylic acids is 1. The lowest BCUT2D eigenvalue weighted by atomic mass is 10.1. The van der Waals surface area contributed by atoms with Gasteiger partial charge < -0.3 is 19.3 Å². The van der Waals surface area contributed by atoms with E-state index in [9.17, 15) is 18.0 Å². The Labute approximate surface area is 161 Å². The number of methoxy groups -OCH3 is 2. The normalized spacial score (nSPS) is 14.8. The molecule has 0 atom stereocenters. The van der Waals surface area contributed by atoms with Gasteiger partial charge in [-0.2, -0.15) is 13.2 Å². The summed E-state index contributed by atoms with van der Waals surface area (Å²) in [6, 6.07) is 9.97. The van der Waals surface area contributed by atoms with Crippen LogP contribution in [-0.4, -0.2) is 51.2 Å². The van der Waals surface area contributed by atoms with Crippen molar-refractivity contribution >= 4 is 11.6 Å². The number of anilines is 1. The van der Waals surface area contributed by atoms with Gasteiger partial charge in [-0.15, -0.1) is 0 Å². The van der Waals surface area contributed by atoms with Crippen molar-refractivity contribution in [1.82, 2.24) is 4.90 Å². The van der Waals surface area contributed by atoms with Gasteiger partial charge in [-0.25, -0.2) is 0 Å². The van der Waals surface area contributed by atoms with Gasteiger partial charge in [0, 0.05) is 43.5 Å². The van der Waals surface area contributed by atoms with Crippen LogP contribution in [-0.2, 0) is 6.18 Å². The first kappa shape index (κ1) is 19.9. The molecule has 1 amide bonds. The first-order valence-corrected chi connectivity index (χ1v) is 8.77. The van der Waals surface area contributed by atoms with Crippen LogP contribution >= 0.6 is 0 Å². The first-order valence-electron chi connectivity index (χ1n) is 8.77. The zero-order valence-corrected chi connectivity index (χ0v) is 15.6. The second kappa shape index (κ2) is 8.00. The fourth-order valence-electron chi connectivity index (χ4n) is 3.17. The van der Waals surface area contributed by atoms with Crippen LogP contribution in [0.15, 0.2) is 42.5 Å². The van der Waals surface area contributed by atoms with Crippen molar-refractivity contribution in [2.75, 3.05) is 45.3 Å². The summed E-state index contributed by atoms with van der Waals surface area (Å²) in [4.78, 5) is 16.4. The zero-order valence-electron chi connectivity index (χ0n) is 15.6. The summed E-state index contributed by atoms with van der Waals surface area (Å²) in [5.74, 6) is 1.01. The van der Waals surface area contributed by atoms with E-state index in [1.807, 2.05) is 18.2 Å². The minimum Gasteiger partial charge on any atom is -0.493 e. The fourth-order valence-corrected chi connectivity index (χ4v) is 3.17. The first-order chi connectivity index (χ1) is 13.3. The van der Waals surface area contributed by atoms with Gasteiger partial charge in [0.25, 0.3) is 5.91 Å². The van der Waals surface area contributed by atoms with Gasteiger partial charge in [0.05, 0.1) is 19.8 Å². The summed E-state index contributed by atoms with van der Waals surface area (Å²) in [5, 5.41) is 0. The lowest BCUT2D eigenvalue weighted by Crippen LogP contribution is -2.48. The Hall–Kier alpha value is -2.90. The summed E-state index contributed by atoms with van der Waals surface area (Å²) in [6.07, 6.45) is -4.41. The van der Waals surface area contributed by atoms with Crippen molar-refractivity contribution in [3.05, 3.63) is 53.6 Å². The standard InChI is InChI=1S/C20H21F3N2O3/c1-27-17-8-7-16(13-18(17)28-2)24-9-11-25(12-10-24)19(26)14-3-5-15(6-4-14)20(21,22)23/h3-8,13H,9-12H2,1-2H3. The van der Waals surface area contributed by atoms with Crippen molar-refractivity contribution in [1.29, 1.82) is 0 Å². The molecule has 0 spiro atoms. The van der Waals surface area contributed by atoms with Crippen LogP contribution in [0.25, 0.3) is 0 Å². The molecule has 0 N–H and O–H groups in total. The van der Waals surface area contributed by atoms with Gasteiger partial charge >= 0.3 is 6.18 Å². The van der Waals surface area contributed by atoms with E-state index in [0.717, 1.165) is 17.8 Å². The van der Waals surface area contributed by atoms with E-state index in [4.69, 9.17) is 9.47 Å². The van der Waals surface area contributed by atoms with Gasteiger partial charge in [-0.1, -0.05) is 0 Å². The maximum Gasteiger partial charge on any atom is 0.416 e. The molecule has 1 saturated heterocycles. The number of nitrogens with zero attached hydrogens (tertiary/aromatic N) is 2. The highest BCUT2D eigenvalue weighted by atomic mass is 19.4. The molecular formula is C20H21F3N2O3. The highest BCUT2D eigenvalue weighted by Crippen LogP contribution is 2.32. The Kier molecular flexibility index (Phi) is 5.67. The van der Waals surface area contributed by atoms with Crippen LogP contribution in [0.5, 0.6) is 11.5 Å². The number of ether oxygens (including phenoxy) is 2. The largest absolute Gasteiger partial charge is 0.493 e. The maximum atomic E-state index is 12.7. The lowest BCUT2D eigenvalue weighted by molar-refractivity contribution is -0.137. The average Bonchev–Trinajstić information content (AvgIpc) is 2.72. The topological polar surface area (TPSA) is 42.0 Å². The molecule has 3 rings (SSSR count). The van der Waals surface area contributed by atoms with Crippen molar-refractivity contribution in [2.45, 2.75) is 6.18 Å². The molecule has 0 saturated carbocycles. The molecular weight excluding hydrogens is 373 g/mol. The number of benzene rings is 2. The molecule has 1 aliphatic rings. The molecule has 8 heteroatoms. The van der Waals surface area contributed by atoms with Gasteiger partial charge in [0.1, 0.15) is 0 Å². The second-order valence-corrected chi connectivity index (χ2v) is 6.39. The molecule has 0 radical (unpaired) electrons. The van der Waals surface area contributed by atoms with Crippen LogP contribution in [0.1, 0.15) is 15.9 Å². The number of carbonyl (C=O) groups is 1. The molecule has 1 heterocycles. The predicted octanol–water partition coefficient (Wildman–Crippen LogP) is 3.69. The predicted molar refractivity (Wildman–Crippen MR) is 99.1 cm³/mol. The van der Waals surface area contributed by atoms with Crippen LogP contribution in [0.3, 0.4) is 0 Å². The molecule has 150 valence electrons. The van der Waals surface area contributed by atoms with Gasteiger partial charge in [0.15, 0.2) is 11.5 Å². The molecule has 1 fully saturated rings. The second-order valence-electron chi connectivity index (χ2n) is 6.39. The Morgan fingerprint density at radius 2 is 1.50 bits per heavy atom. The number of hydrogen-bond donors (Lipinski definition) is 0. The number of amides is 1. The highest BCUT2D eigenvalue weighted by molar-refractivity contribution is 5.94. The molecule has 5 nitrogen and oxygen atoms in total. The number of halogens is 3. The van der Waals surface area contributed by atoms with E-state index in [0.29, 0.717) is 37.7 Å². The van der Waals surface area contributed by atoms with Gasteiger partial charge in [-0.05, 0) is 36.4 Å².